The van der Waals surface area contributed by atoms with Crippen LogP contribution in [0.25, 0.3) is 0 Å². The molecule has 0 saturated heterocycles. The molecule has 0 bridgehead atoms. The molecule has 1 aromatic heterocycles. The number of benzene rings is 1. The molecule has 2 aromatic rings. The fraction of sp³-hybridized carbons (Fsp3) is 0.231. The summed E-state index contributed by atoms with van der Waals surface area (Å²) in [7, 11) is 0. The number of rotatable bonds is 6. The Kier molecular flexibility index (Phi) is 5.00. The van der Waals surface area contributed by atoms with Crippen molar-refractivity contribution in [2.45, 2.75) is 19.9 Å². The number of carbonyl (C=O) groups is 1. The first-order chi connectivity index (χ1) is 11.7. The Morgan fingerprint density at radius 1 is 1.28 bits per heavy atom. The molecule has 1 heterocycles. The summed E-state index contributed by atoms with van der Waals surface area (Å²) >= 11 is 0. The van der Waals surface area contributed by atoms with E-state index in [2.05, 4.69) is 10.4 Å². The minimum Gasteiger partial charge on any atom is -0.319 e. The molecule has 0 unspecified atom stereocenters. The van der Waals surface area contributed by atoms with Crippen molar-refractivity contribution < 1.29 is 23.4 Å². The average Bonchev–Trinajstić information content (AvgIpc) is 2.84. The van der Waals surface area contributed by atoms with Gasteiger partial charge >= 0.3 is 5.69 Å². The van der Waals surface area contributed by atoms with Gasteiger partial charge in [0.25, 0.3) is 12.1 Å². The van der Waals surface area contributed by atoms with Crippen LogP contribution in [0.5, 0.6) is 0 Å². The Labute approximate surface area is 138 Å². The summed E-state index contributed by atoms with van der Waals surface area (Å²) in [6.07, 6.45) is -3.18. The van der Waals surface area contributed by atoms with Gasteiger partial charge < -0.3 is 5.32 Å². The van der Waals surface area contributed by atoms with E-state index >= 15 is 0 Å². The molecule has 0 aliphatic heterocycles. The van der Waals surface area contributed by atoms with Crippen LogP contribution in [0.1, 0.15) is 17.8 Å². The Morgan fingerprint density at radius 2 is 1.92 bits per heavy atom. The Hall–Kier alpha value is -3.44. The number of hydrogen-bond acceptors (Lipinski definition) is 6. The van der Waals surface area contributed by atoms with Gasteiger partial charge in [-0.15, -0.1) is 0 Å². The smallest absolute Gasteiger partial charge is 0.319 e. The maximum Gasteiger partial charge on any atom is 0.319 e. The number of nitrogens with one attached hydrogen (secondary N) is 1. The summed E-state index contributed by atoms with van der Waals surface area (Å²) in [5.74, 6) is -0.810. The van der Waals surface area contributed by atoms with E-state index in [1.165, 1.54) is 31.2 Å². The van der Waals surface area contributed by atoms with Gasteiger partial charge in [0.2, 0.25) is 11.6 Å². The van der Waals surface area contributed by atoms with E-state index in [0.29, 0.717) is 0 Å². The molecular weight excluding hydrogens is 344 g/mol. The Balaban J connectivity index is 2.26. The van der Waals surface area contributed by atoms with Crippen molar-refractivity contribution in [1.29, 1.82) is 0 Å². The van der Waals surface area contributed by atoms with Crippen molar-refractivity contribution >= 4 is 23.0 Å². The van der Waals surface area contributed by atoms with Crippen LogP contribution in [-0.4, -0.2) is 25.5 Å². The van der Waals surface area contributed by atoms with Gasteiger partial charge in [-0.2, -0.15) is 5.10 Å². The summed E-state index contributed by atoms with van der Waals surface area (Å²) in [4.78, 5) is 32.1. The van der Waals surface area contributed by atoms with E-state index in [1.807, 2.05) is 0 Å². The van der Waals surface area contributed by atoms with Crippen LogP contribution in [0.15, 0.2) is 24.3 Å². The second kappa shape index (κ2) is 6.98. The molecule has 0 saturated carbocycles. The highest BCUT2D eigenvalue weighted by Crippen LogP contribution is 2.31. The summed E-state index contributed by atoms with van der Waals surface area (Å²) in [6.45, 7) is 0.556. The summed E-state index contributed by atoms with van der Waals surface area (Å²) in [5.41, 5.74) is -2.58. The van der Waals surface area contributed by atoms with Crippen LogP contribution in [0, 0.1) is 27.2 Å². The second-order valence-corrected chi connectivity index (χ2v) is 4.86. The lowest BCUT2D eigenvalue weighted by Gasteiger charge is -2.06. The maximum atomic E-state index is 12.9. The van der Waals surface area contributed by atoms with E-state index in [4.69, 9.17) is 0 Å². The number of alkyl halides is 2. The van der Waals surface area contributed by atoms with Crippen LogP contribution in [0.3, 0.4) is 0 Å². The van der Waals surface area contributed by atoms with Gasteiger partial charge in [0.05, 0.1) is 9.85 Å². The SMILES string of the molecule is Cc1c([N+](=O)[O-])c(C(F)F)nn1CC(=O)Nc1ccccc1[N+](=O)[O-]. The van der Waals surface area contributed by atoms with Crippen LogP contribution >= 0.6 is 0 Å². The number of amides is 1. The van der Waals surface area contributed by atoms with E-state index < -0.39 is 40.1 Å². The van der Waals surface area contributed by atoms with Crippen LogP contribution in [0.4, 0.5) is 25.8 Å². The zero-order valence-corrected chi connectivity index (χ0v) is 12.7. The van der Waals surface area contributed by atoms with Crippen molar-refractivity contribution in [3.8, 4) is 0 Å². The van der Waals surface area contributed by atoms with Crippen molar-refractivity contribution in [2.24, 2.45) is 0 Å². The second-order valence-electron chi connectivity index (χ2n) is 4.86. The Bertz CT molecular complexity index is 851. The number of halogens is 2. The lowest BCUT2D eigenvalue weighted by atomic mass is 10.2. The van der Waals surface area contributed by atoms with Crippen LogP contribution < -0.4 is 5.32 Å². The number of carbonyl (C=O) groups excluding carboxylic acids is 1. The molecular formula is C13H11F2N5O5. The lowest BCUT2D eigenvalue weighted by Crippen LogP contribution is -2.21. The van der Waals surface area contributed by atoms with Crippen molar-refractivity contribution in [3.05, 3.63) is 55.9 Å². The first kappa shape index (κ1) is 17.9. The topological polar surface area (TPSA) is 133 Å². The number of para-hydroxylation sites is 2. The molecule has 1 aromatic carbocycles. The zero-order chi connectivity index (χ0) is 18.7. The quantitative estimate of drug-likeness (QED) is 0.625. The molecule has 10 nitrogen and oxygen atoms in total. The molecule has 25 heavy (non-hydrogen) atoms. The highest BCUT2D eigenvalue weighted by atomic mass is 19.3. The van der Waals surface area contributed by atoms with E-state index in [9.17, 15) is 33.8 Å². The van der Waals surface area contributed by atoms with Gasteiger partial charge in [0.15, 0.2) is 0 Å². The predicted molar refractivity (Wildman–Crippen MR) is 80.3 cm³/mol. The maximum absolute atomic E-state index is 12.9. The highest BCUT2D eigenvalue weighted by molar-refractivity contribution is 5.92. The number of aromatic nitrogens is 2. The fourth-order valence-corrected chi connectivity index (χ4v) is 2.15. The molecule has 2 rings (SSSR count). The largest absolute Gasteiger partial charge is 0.319 e. The zero-order valence-electron chi connectivity index (χ0n) is 12.7. The number of nitro benzene ring substituents is 1. The fourth-order valence-electron chi connectivity index (χ4n) is 2.15. The number of hydrogen-bond donors (Lipinski definition) is 1. The van der Waals surface area contributed by atoms with Crippen molar-refractivity contribution in [2.75, 3.05) is 5.32 Å². The van der Waals surface area contributed by atoms with Gasteiger partial charge in [-0.1, -0.05) is 12.1 Å². The normalized spacial score (nSPS) is 10.7. The molecule has 132 valence electrons. The van der Waals surface area contributed by atoms with Gasteiger partial charge in [-0.25, -0.2) is 8.78 Å². The first-order valence-corrected chi connectivity index (χ1v) is 6.75. The molecule has 0 aliphatic rings. The lowest BCUT2D eigenvalue weighted by molar-refractivity contribution is -0.386. The standard InChI is InChI=1S/C13H11F2N5O5/c1-7-12(20(24)25)11(13(14)15)17-18(7)6-10(21)16-8-4-2-3-5-9(8)19(22)23/h2-5,13H,6H2,1H3,(H,16,21). The Morgan fingerprint density at radius 3 is 2.44 bits per heavy atom. The first-order valence-electron chi connectivity index (χ1n) is 6.75. The molecule has 0 atom stereocenters. The van der Waals surface area contributed by atoms with Crippen LogP contribution in [0.2, 0.25) is 0 Å². The third-order valence-corrected chi connectivity index (χ3v) is 3.26. The summed E-state index contributed by atoms with van der Waals surface area (Å²) in [6, 6.07) is 5.33. The van der Waals surface area contributed by atoms with Crippen molar-refractivity contribution in [1.82, 2.24) is 9.78 Å². The summed E-state index contributed by atoms with van der Waals surface area (Å²) < 4.78 is 26.5. The molecule has 1 amide bonds. The molecule has 0 spiro atoms. The molecule has 12 heteroatoms. The third-order valence-electron chi connectivity index (χ3n) is 3.26. The van der Waals surface area contributed by atoms with Gasteiger partial charge in [0.1, 0.15) is 17.9 Å². The van der Waals surface area contributed by atoms with Gasteiger partial charge in [0, 0.05) is 6.07 Å². The molecule has 0 fully saturated rings. The van der Waals surface area contributed by atoms with Gasteiger partial charge in [-0.05, 0) is 13.0 Å². The van der Waals surface area contributed by atoms with E-state index in [0.717, 1.165) is 4.68 Å². The van der Waals surface area contributed by atoms with E-state index in [1.54, 1.807) is 0 Å². The molecule has 0 radical (unpaired) electrons. The predicted octanol–water partition coefficient (Wildman–Crippen LogP) is 2.58. The van der Waals surface area contributed by atoms with Crippen LogP contribution in [-0.2, 0) is 11.3 Å². The van der Waals surface area contributed by atoms with Crippen molar-refractivity contribution in [3.63, 3.8) is 0 Å². The van der Waals surface area contributed by atoms with E-state index in [-0.39, 0.29) is 17.1 Å². The minimum absolute atomic E-state index is 0.0918. The molecule has 1 N–H and O–H groups in total. The summed E-state index contributed by atoms with van der Waals surface area (Å²) in [5, 5.41) is 27.4. The minimum atomic E-state index is -3.18. The number of anilines is 1. The number of nitrogens with zero attached hydrogens (tertiary/aromatic N) is 4. The molecule has 0 aliphatic carbocycles. The van der Waals surface area contributed by atoms with Gasteiger partial charge in [-0.3, -0.25) is 29.7 Å². The average molecular weight is 355 g/mol. The third kappa shape index (κ3) is 3.73. The highest BCUT2D eigenvalue weighted by Gasteiger charge is 2.31. The number of nitro groups is 2. The monoisotopic (exact) mass is 355 g/mol.